The van der Waals surface area contributed by atoms with Crippen molar-refractivity contribution in [3.8, 4) is 11.1 Å². The molecular weight excluding hydrogens is 347 g/mol. The molecule has 3 aromatic carbocycles. The van der Waals surface area contributed by atoms with Crippen LogP contribution in [0.2, 0.25) is 4.82 Å². The fourth-order valence-corrected chi connectivity index (χ4v) is 7.87. The Morgan fingerprint density at radius 2 is 1.09 bits per heavy atom. The Balaban J connectivity index is 1.65. The van der Waals surface area contributed by atoms with Gasteiger partial charge in [0.25, 0.3) is 0 Å². The first kappa shape index (κ1) is 13.4. The summed E-state index contributed by atoms with van der Waals surface area (Å²) in [5, 5.41) is 0. The van der Waals surface area contributed by atoms with Gasteiger partial charge in [-0.1, -0.05) is 0 Å². The van der Waals surface area contributed by atoms with Gasteiger partial charge in [-0.05, 0) is 0 Å². The molecule has 1 saturated carbocycles. The first-order chi connectivity index (χ1) is 11.4. The number of hydrogen-bond donors (Lipinski definition) is 0. The third-order valence-electron chi connectivity index (χ3n) is 5.11. The Bertz CT molecular complexity index is 864. The van der Waals surface area contributed by atoms with Gasteiger partial charge in [0.15, 0.2) is 0 Å². The van der Waals surface area contributed by atoms with Crippen LogP contribution in [0.15, 0.2) is 78.9 Å². The molecule has 1 nitrogen and oxygen atoms in total. The standard InChI is InChI=1S/C21H16OSe/c22-23(14-8-2-1-3-9-14)21-19-17-12-6-4-10-15(17)16-11-5-7-13-18(16)20(19)21/h1-13,19-21H/t19-,20+,21?,23?. The predicted molar refractivity (Wildman–Crippen MR) is 93.6 cm³/mol. The van der Waals surface area contributed by atoms with Gasteiger partial charge < -0.3 is 0 Å². The first-order valence-corrected chi connectivity index (χ1v) is 10.5. The van der Waals surface area contributed by atoms with Crippen molar-refractivity contribution in [3.63, 3.8) is 0 Å². The van der Waals surface area contributed by atoms with Gasteiger partial charge in [-0.2, -0.15) is 0 Å². The molecular formula is C21H16OSe. The molecule has 2 unspecified atom stereocenters. The Hall–Kier alpha value is -2.02. The Kier molecular flexibility index (Phi) is 2.91. The normalized spacial score (nSPS) is 25.0. The molecule has 3 aromatic rings. The van der Waals surface area contributed by atoms with E-state index in [1.54, 1.807) is 0 Å². The van der Waals surface area contributed by atoms with Gasteiger partial charge in [0.1, 0.15) is 0 Å². The molecule has 5 rings (SSSR count). The Morgan fingerprint density at radius 1 is 0.609 bits per heavy atom. The monoisotopic (exact) mass is 364 g/mol. The molecule has 0 saturated heterocycles. The van der Waals surface area contributed by atoms with Crippen LogP contribution in [0.5, 0.6) is 0 Å². The Morgan fingerprint density at radius 3 is 1.65 bits per heavy atom. The van der Waals surface area contributed by atoms with Crippen molar-refractivity contribution < 1.29 is 3.83 Å². The summed E-state index contributed by atoms with van der Waals surface area (Å²) in [5.74, 6) is 0.868. The van der Waals surface area contributed by atoms with Crippen LogP contribution in [0.1, 0.15) is 23.0 Å². The molecule has 0 amide bonds. The summed E-state index contributed by atoms with van der Waals surface area (Å²) in [6.07, 6.45) is 0. The Labute approximate surface area is 140 Å². The van der Waals surface area contributed by atoms with Crippen molar-refractivity contribution in [1.82, 2.24) is 0 Å². The molecule has 0 aliphatic heterocycles. The van der Waals surface area contributed by atoms with Gasteiger partial charge in [0, 0.05) is 0 Å². The quantitative estimate of drug-likeness (QED) is 0.622. The van der Waals surface area contributed by atoms with Gasteiger partial charge in [-0.15, -0.1) is 0 Å². The van der Waals surface area contributed by atoms with E-state index in [9.17, 15) is 3.83 Å². The molecule has 2 heteroatoms. The van der Waals surface area contributed by atoms with Crippen LogP contribution < -0.4 is 4.46 Å². The van der Waals surface area contributed by atoms with E-state index in [1.165, 1.54) is 22.3 Å². The van der Waals surface area contributed by atoms with E-state index >= 15 is 0 Å². The number of rotatable bonds is 2. The summed E-state index contributed by atoms with van der Waals surface area (Å²) in [6.45, 7) is 0. The van der Waals surface area contributed by atoms with E-state index in [1.807, 2.05) is 30.3 Å². The molecule has 2 aliphatic carbocycles. The van der Waals surface area contributed by atoms with Gasteiger partial charge >= 0.3 is 140 Å². The summed E-state index contributed by atoms with van der Waals surface area (Å²) in [4.78, 5) is 0.294. The van der Waals surface area contributed by atoms with Gasteiger partial charge in [0.2, 0.25) is 0 Å². The zero-order valence-electron chi connectivity index (χ0n) is 12.6. The maximum atomic E-state index is 13.2. The second kappa shape index (κ2) is 4.99. The van der Waals surface area contributed by atoms with E-state index in [2.05, 4.69) is 48.5 Å². The number of hydrogen-bond acceptors (Lipinski definition) is 1. The first-order valence-electron chi connectivity index (χ1n) is 8.00. The van der Waals surface area contributed by atoms with Crippen LogP contribution >= 0.6 is 0 Å². The molecule has 0 heterocycles. The fraction of sp³-hybridized carbons (Fsp3) is 0.143. The van der Waals surface area contributed by atoms with Crippen molar-refractivity contribution in [2.45, 2.75) is 16.7 Å². The average Bonchev–Trinajstić information content (AvgIpc) is 3.38. The molecule has 1 fully saturated rings. The second-order valence-corrected chi connectivity index (χ2v) is 9.68. The zero-order chi connectivity index (χ0) is 15.4. The fourth-order valence-electron chi connectivity index (χ4n) is 4.07. The molecule has 2 aliphatic rings. The molecule has 112 valence electrons. The van der Waals surface area contributed by atoms with E-state index < -0.39 is 13.8 Å². The van der Waals surface area contributed by atoms with E-state index in [0.29, 0.717) is 16.7 Å². The SMILES string of the molecule is O=[Se](c1ccccc1)C1[C@H]2c3ccccc3-c3ccccc3[C@@H]12. The van der Waals surface area contributed by atoms with E-state index in [0.717, 1.165) is 4.46 Å². The minimum absolute atomic E-state index is 0.294. The van der Waals surface area contributed by atoms with Crippen LogP contribution in [0.25, 0.3) is 11.1 Å². The maximum absolute atomic E-state index is 13.2. The minimum atomic E-state index is -2.05. The van der Waals surface area contributed by atoms with Crippen molar-refractivity contribution in [1.29, 1.82) is 0 Å². The van der Waals surface area contributed by atoms with E-state index in [4.69, 9.17) is 0 Å². The third kappa shape index (κ3) is 1.92. The average molecular weight is 363 g/mol. The predicted octanol–water partition coefficient (Wildman–Crippen LogP) is 4.25. The summed E-state index contributed by atoms with van der Waals surface area (Å²) >= 11 is -2.05. The van der Waals surface area contributed by atoms with Crippen molar-refractivity contribution in [3.05, 3.63) is 90.0 Å². The van der Waals surface area contributed by atoms with Gasteiger partial charge in [-0.25, -0.2) is 0 Å². The summed E-state index contributed by atoms with van der Waals surface area (Å²) in [5.41, 5.74) is 5.45. The second-order valence-electron chi connectivity index (χ2n) is 6.30. The molecule has 0 spiro atoms. The van der Waals surface area contributed by atoms with Crippen LogP contribution in [-0.2, 0) is 3.83 Å². The van der Waals surface area contributed by atoms with Crippen molar-refractivity contribution in [2.24, 2.45) is 0 Å². The van der Waals surface area contributed by atoms with Gasteiger partial charge in [0.05, 0.1) is 0 Å². The van der Waals surface area contributed by atoms with Crippen molar-refractivity contribution in [2.75, 3.05) is 0 Å². The third-order valence-corrected chi connectivity index (χ3v) is 8.92. The molecule has 0 aromatic heterocycles. The molecule has 0 bridgehead atoms. The van der Waals surface area contributed by atoms with Crippen LogP contribution in [0, 0.1) is 0 Å². The summed E-state index contributed by atoms with van der Waals surface area (Å²) < 4.78 is 14.2. The van der Waals surface area contributed by atoms with Crippen LogP contribution in [-0.4, -0.2) is 13.8 Å². The summed E-state index contributed by atoms with van der Waals surface area (Å²) in [7, 11) is 0. The van der Waals surface area contributed by atoms with Gasteiger partial charge in [-0.3, -0.25) is 0 Å². The van der Waals surface area contributed by atoms with Crippen molar-refractivity contribution >= 4 is 18.3 Å². The van der Waals surface area contributed by atoms with Crippen LogP contribution in [0.3, 0.4) is 0 Å². The molecule has 4 atom stereocenters. The number of benzene rings is 3. The molecule has 0 N–H and O–H groups in total. The number of fused-ring (bicyclic) bond motifs is 6. The molecule has 0 radical (unpaired) electrons. The summed E-state index contributed by atoms with van der Waals surface area (Å²) in [6, 6.07) is 27.4. The zero-order valence-corrected chi connectivity index (χ0v) is 14.3. The van der Waals surface area contributed by atoms with Crippen LogP contribution in [0.4, 0.5) is 0 Å². The van der Waals surface area contributed by atoms with E-state index in [-0.39, 0.29) is 0 Å². The molecule has 23 heavy (non-hydrogen) atoms. The topological polar surface area (TPSA) is 17.1 Å².